The molecule has 422 valence electrons. The summed E-state index contributed by atoms with van der Waals surface area (Å²) in [6, 6.07) is 0. The van der Waals surface area contributed by atoms with Gasteiger partial charge in [0, 0.05) is 0 Å². The van der Waals surface area contributed by atoms with Gasteiger partial charge in [-0.1, -0.05) is 41.5 Å². The number of ether oxygens (including phenoxy) is 8. The molecular weight excluding hydrogens is 961 g/mol. The minimum Gasteiger partial charge on any atom is -0.394 e. The van der Waals surface area contributed by atoms with E-state index >= 15 is 0 Å². The molecule has 0 aromatic carbocycles. The van der Waals surface area contributed by atoms with Crippen LogP contribution in [0, 0.1) is 56.7 Å². The van der Waals surface area contributed by atoms with Gasteiger partial charge in [0.2, 0.25) is 0 Å². The monoisotopic (exact) mass is 1050 g/mol. The van der Waals surface area contributed by atoms with Gasteiger partial charge in [0.25, 0.3) is 0 Å². The first-order valence-corrected chi connectivity index (χ1v) is 26.9. The number of aliphatic hydroxyl groups is 13. The van der Waals surface area contributed by atoms with Crippen molar-refractivity contribution in [2.24, 2.45) is 56.7 Å². The Balaban J connectivity index is 1.02. The van der Waals surface area contributed by atoms with Gasteiger partial charge in [-0.15, -0.1) is 0 Å². The standard InChI is InChI=1S/C52H88O21/c1-21-32(57)37(62)41(72-44-39(64)34(59)25(56)20-67-44)46(68-21)71-30-13-15-50(7)29-11-10-28-49(6)14-12-22(48(4,5)73-45-40(65)36(61)35(60)27(18-53)70-45)31(49)23(54)16-51(28,8)52(29,9)17-26(42(50)47(30,2)3)69-43-38(63)33(58)24(55)19-66-43/h21-46,53-65H,10-20H2,1-9H3. The summed E-state index contributed by atoms with van der Waals surface area (Å²) in [5.74, 6) is -0.549. The number of hydrogen-bond donors (Lipinski definition) is 13. The lowest BCUT2D eigenvalue weighted by Gasteiger charge is -2.75. The van der Waals surface area contributed by atoms with E-state index in [1.54, 1.807) is 6.92 Å². The molecule has 13 N–H and O–H groups in total. The van der Waals surface area contributed by atoms with E-state index in [0.717, 1.165) is 19.3 Å². The molecule has 0 aromatic heterocycles. The van der Waals surface area contributed by atoms with Crippen molar-refractivity contribution in [3.05, 3.63) is 0 Å². The van der Waals surface area contributed by atoms with Crippen LogP contribution < -0.4 is 0 Å². The lowest BCUT2D eigenvalue weighted by Crippen LogP contribution is -2.72. The van der Waals surface area contributed by atoms with Crippen molar-refractivity contribution in [3.63, 3.8) is 0 Å². The molecule has 21 nitrogen and oxygen atoms in total. The molecule has 4 heterocycles. The molecule has 5 saturated carbocycles. The van der Waals surface area contributed by atoms with E-state index in [4.69, 9.17) is 37.9 Å². The van der Waals surface area contributed by atoms with Crippen molar-refractivity contribution in [1.29, 1.82) is 0 Å². The summed E-state index contributed by atoms with van der Waals surface area (Å²) < 4.78 is 50.2. The minimum atomic E-state index is -1.69. The van der Waals surface area contributed by atoms with Crippen LogP contribution in [0.2, 0.25) is 0 Å². The van der Waals surface area contributed by atoms with Crippen LogP contribution in [0.3, 0.4) is 0 Å². The molecule has 9 aliphatic rings. The third kappa shape index (κ3) is 9.03. The largest absolute Gasteiger partial charge is 0.394 e. The summed E-state index contributed by atoms with van der Waals surface area (Å²) in [6.07, 6.45) is -22.4. The summed E-state index contributed by atoms with van der Waals surface area (Å²) in [5, 5.41) is 141. The van der Waals surface area contributed by atoms with E-state index < -0.39 is 163 Å². The highest BCUT2D eigenvalue weighted by Crippen LogP contribution is 2.78. The Morgan fingerprint density at radius 3 is 1.68 bits per heavy atom. The van der Waals surface area contributed by atoms with Crippen LogP contribution in [0.15, 0.2) is 0 Å². The highest BCUT2D eigenvalue weighted by Gasteiger charge is 2.75. The Kier molecular flexibility index (Phi) is 15.6. The molecule has 5 aliphatic carbocycles. The second-order valence-corrected chi connectivity index (χ2v) is 26.0. The van der Waals surface area contributed by atoms with Crippen LogP contribution in [0.1, 0.15) is 114 Å². The van der Waals surface area contributed by atoms with Crippen molar-refractivity contribution in [2.45, 2.75) is 248 Å². The van der Waals surface area contributed by atoms with Gasteiger partial charge < -0.3 is 104 Å². The maximum Gasteiger partial charge on any atom is 0.187 e. The first-order valence-electron chi connectivity index (χ1n) is 26.9. The van der Waals surface area contributed by atoms with Crippen molar-refractivity contribution in [1.82, 2.24) is 0 Å². The van der Waals surface area contributed by atoms with Gasteiger partial charge >= 0.3 is 0 Å². The summed E-state index contributed by atoms with van der Waals surface area (Å²) in [7, 11) is 0. The average Bonchev–Trinajstić information content (AvgIpc) is 3.70. The fraction of sp³-hybridized carbons (Fsp3) is 1.00. The fourth-order valence-corrected chi connectivity index (χ4v) is 17.7. The van der Waals surface area contributed by atoms with Crippen molar-refractivity contribution in [3.8, 4) is 0 Å². The quantitative estimate of drug-likeness (QED) is 0.114. The molecule has 30 unspecified atom stereocenters. The van der Waals surface area contributed by atoms with Gasteiger partial charge in [0.05, 0.1) is 49.8 Å². The molecule has 0 aromatic rings. The van der Waals surface area contributed by atoms with Crippen LogP contribution in [-0.2, 0) is 37.9 Å². The van der Waals surface area contributed by atoms with E-state index in [1.165, 1.54) is 0 Å². The van der Waals surface area contributed by atoms with Gasteiger partial charge in [-0.3, -0.25) is 0 Å². The topological polar surface area (TPSA) is 337 Å². The average molecular weight is 1050 g/mol. The van der Waals surface area contributed by atoms with E-state index in [2.05, 4.69) is 41.5 Å². The summed E-state index contributed by atoms with van der Waals surface area (Å²) >= 11 is 0. The van der Waals surface area contributed by atoms with Crippen LogP contribution in [0.25, 0.3) is 0 Å². The second kappa shape index (κ2) is 20.1. The minimum absolute atomic E-state index is 0.0807. The van der Waals surface area contributed by atoms with Gasteiger partial charge in [-0.05, 0) is 129 Å². The molecule has 4 aliphatic heterocycles. The van der Waals surface area contributed by atoms with Crippen LogP contribution in [0.5, 0.6) is 0 Å². The molecular formula is C52H88O21. The van der Waals surface area contributed by atoms with Gasteiger partial charge in [0.15, 0.2) is 25.2 Å². The lowest BCUT2D eigenvalue weighted by molar-refractivity contribution is -0.374. The molecule has 73 heavy (non-hydrogen) atoms. The van der Waals surface area contributed by atoms with Crippen molar-refractivity contribution in [2.75, 3.05) is 19.8 Å². The zero-order valence-corrected chi connectivity index (χ0v) is 43.9. The Bertz CT molecular complexity index is 1930. The third-order valence-corrected chi connectivity index (χ3v) is 21.5. The number of rotatable bonds is 10. The number of hydrogen-bond acceptors (Lipinski definition) is 21. The molecule has 9 fully saturated rings. The molecule has 0 amide bonds. The normalized spacial score (nSPS) is 57.3. The summed E-state index contributed by atoms with van der Waals surface area (Å²) in [6.45, 7) is 17.6. The Labute approximate surface area is 428 Å². The molecule has 9 rings (SSSR count). The molecule has 21 heteroatoms. The van der Waals surface area contributed by atoms with E-state index in [1.807, 2.05) is 13.8 Å². The first kappa shape index (κ1) is 56.9. The SMILES string of the molecule is CC1OC(OC2CCC3(C)C(C(OC4OCC(O)C(O)C4O)CC4(C)C3CCC3C5(C)CCC(C(C)(C)OC6OC(CO)C(O)C(O)C6O)C5C(O)CC34C)C2(C)C)C(OC2OCC(O)C(O)C2O)C(O)C1O. The molecule has 0 radical (unpaired) electrons. The molecule has 4 saturated heterocycles. The maximum absolute atomic E-state index is 12.8. The van der Waals surface area contributed by atoms with Crippen LogP contribution in [-0.4, -0.2) is 221 Å². The van der Waals surface area contributed by atoms with E-state index in [-0.39, 0.29) is 48.2 Å². The number of fused-ring (bicyclic) bond motifs is 7. The maximum atomic E-state index is 12.8. The Morgan fingerprint density at radius 2 is 1.08 bits per heavy atom. The first-order chi connectivity index (χ1) is 34.0. The molecule has 30 atom stereocenters. The van der Waals surface area contributed by atoms with Crippen LogP contribution >= 0.6 is 0 Å². The third-order valence-electron chi connectivity index (χ3n) is 21.5. The van der Waals surface area contributed by atoms with Crippen molar-refractivity contribution < 1.29 is 104 Å². The predicted molar refractivity (Wildman–Crippen MR) is 252 cm³/mol. The number of aliphatic hydroxyl groups excluding tert-OH is 13. The van der Waals surface area contributed by atoms with Gasteiger partial charge in [0.1, 0.15) is 79.4 Å². The summed E-state index contributed by atoms with van der Waals surface area (Å²) in [4.78, 5) is 0. The highest BCUT2D eigenvalue weighted by atomic mass is 16.8. The predicted octanol–water partition coefficient (Wildman–Crippen LogP) is -1.24. The van der Waals surface area contributed by atoms with Gasteiger partial charge in [-0.2, -0.15) is 0 Å². The lowest BCUT2D eigenvalue weighted by atomic mass is 9.31. The summed E-state index contributed by atoms with van der Waals surface area (Å²) in [5.41, 5.74) is -3.59. The zero-order chi connectivity index (χ0) is 53.4. The molecule has 0 spiro atoms. The highest BCUT2D eigenvalue weighted by molar-refractivity contribution is 5.23. The second-order valence-electron chi connectivity index (χ2n) is 26.0. The van der Waals surface area contributed by atoms with Crippen LogP contribution in [0.4, 0.5) is 0 Å². The zero-order valence-electron chi connectivity index (χ0n) is 43.9. The molecule has 0 bridgehead atoms. The Morgan fingerprint density at radius 1 is 0.534 bits per heavy atom. The fourth-order valence-electron chi connectivity index (χ4n) is 17.7. The van der Waals surface area contributed by atoms with Gasteiger partial charge in [-0.25, -0.2) is 0 Å². The van der Waals surface area contributed by atoms with Crippen molar-refractivity contribution >= 4 is 0 Å². The smallest absolute Gasteiger partial charge is 0.187 e. The van der Waals surface area contributed by atoms with E-state index in [0.29, 0.717) is 32.1 Å². The Hall–Kier alpha value is -0.840. The van der Waals surface area contributed by atoms with E-state index in [9.17, 15) is 66.4 Å².